The molecule has 2 rings (SSSR count). The maximum Gasteiger partial charge on any atom is 0.416 e. The summed E-state index contributed by atoms with van der Waals surface area (Å²) < 4.78 is 37.2. The van der Waals surface area contributed by atoms with Crippen molar-refractivity contribution in [3.05, 3.63) is 59.7 Å². The number of nitrogens with two attached hydrogens (primary N) is 1. The molecular formula is C14H12F3NS. The average Bonchev–Trinajstić information content (AvgIpc) is 2.36. The summed E-state index contributed by atoms with van der Waals surface area (Å²) in [5.74, 6) is 0.613. The highest BCUT2D eigenvalue weighted by Crippen LogP contribution is 2.30. The fourth-order valence-corrected chi connectivity index (χ4v) is 2.48. The zero-order valence-electron chi connectivity index (χ0n) is 9.95. The van der Waals surface area contributed by atoms with E-state index < -0.39 is 11.7 Å². The second kappa shape index (κ2) is 5.57. The van der Waals surface area contributed by atoms with Crippen LogP contribution < -0.4 is 5.73 Å². The molecule has 0 aliphatic rings. The number of nitrogen functional groups attached to an aromatic ring is 1. The van der Waals surface area contributed by atoms with Crippen LogP contribution in [0, 0.1) is 0 Å². The molecule has 0 aliphatic carbocycles. The third-order valence-corrected chi connectivity index (χ3v) is 3.61. The number of anilines is 1. The summed E-state index contributed by atoms with van der Waals surface area (Å²) in [6.45, 7) is 0. The number of halogens is 3. The third-order valence-electron chi connectivity index (χ3n) is 2.54. The van der Waals surface area contributed by atoms with Crippen LogP contribution in [0.5, 0.6) is 0 Å². The smallest absolute Gasteiger partial charge is 0.399 e. The van der Waals surface area contributed by atoms with E-state index >= 15 is 0 Å². The highest BCUT2D eigenvalue weighted by Gasteiger charge is 2.29. The van der Waals surface area contributed by atoms with Crippen molar-refractivity contribution in [1.82, 2.24) is 0 Å². The first-order valence-electron chi connectivity index (χ1n) is 5.59. The van der Waals surface area contributed by atoms with E-state index in [9.17, 15) is 13.2 Å². The number of hydrogen-bond acceptors (Lipinski definition) is 2. The van der Waals surface area contributed by atoms with E-state index in [0.29, 0.717) is 11.4 Å². The summed E-state index contributed by atoms with van der Waals surface area (Å²) in [6.07, 6.45) is -4.28. The molecule has 0 aromatic heterocycles. The molecule has 2 N–H and O–H groups in total. The molecule has 19 heavy (non-hydrogen) atoms. The van der Waals surface area contributed by atoms with E-state index in [1.54, 1.807) is 6.07 Å². The standard InChI is InChI=1S/C14H12F3NS/c15-14(16,17)11-6-4-10(5-7-11)9-19-13-3-1-2-12(18)8-13/h1-8H,9,18H2. The van der Waals surface area contributed by atoms with Gasteiger partial charge in [-0.2, -0.15) is 13.2 Å². The molecule has 2 aromatic rings. The van der Waals surface area contributed by atoms with E-state index in [2.05, 4.69) is 0 Å². The van der Waals surface area contributed by atoms with Gasteiger partial charge in [0.1, 0.15) is 0 Å². The fourth-order valence-electron chi connectivity index (χ4n) is 1.56. The predicted octanol–water partition coefficient (Wildman–Crippen LogP) is 4.58. The maximum absolute atomic E-state index is 12.4. The molecule has 0 fully saturated rings. The largest absolute Gasteiger partial charge is 0.416 e. The van der Waals surface area contributed by atoms with Crippen molar-refractivity contribution < 1.29 is 13.2 Å². The van der Waals surface area contributed by atoms with Gasteiger partial charge in [0.05, 0.1) is 5.56 Å². The lowest BCUT2D eigenvalue weighted by Gasteiger charge is -2.07. The second-order valence-corrected chi connectivity index (χ2v) is 5.10. The van der Waals surface area contributed by atoms with Gasteiger partial charge in [-0.1, -0.05) is 18.2 Å². The first-order chi connectivity index (χ1) is 8.95. The van der Waals surface area contributed by atoms with Crippen LogP contribution in [0.15, 0.2) is 53.4 Å². The highest BCUT2D eigenvalue weighted by atomic mass is 32.2. The SMILES string of the molecule is Nc1cccc(SCc2ccc(C(F)(F)F)cc2)c1. The average molecular weight is 283 g/mol. The van der Waals surface area contributed by atoms with Crippen LogP contribution in [0.2, 0.25) is 0 Å². The lowest BCUT2D eigenvalue weighted by Crippen LogP contribution is -2.04. The number of rotatable bonds is 3. The van der Waals surface area contributed by atoms with Gasteiger partial charge >= 0.3 is 6.18 Å². The molecular weight excluding hydrogens is 271 g/mol. The summed E-state index contributed by atoms with van der Waals surface area (Å²) in [7, 11) is 0. The maximum atomic E-state index is 12.4. The third kappa shape index (κ3) is 3.92. The molecule has 0 bridgehead atoms. The predicted molar refractivity (Wildman–Crippen MR) is 71.9 cm³/mol. The van der Waals surface area contributed by atoms with E-state index in [-0.39, 0.29) is 0 Å². The monoisotopic (exact) mass is 283 g/mol. The van der Waals surface area contributed by atoms with Crippen molar-refractivity contribution in [2.75, 3.05) is 5.73 Å². The molecule has 0 spiro atoms. The number of benzene rings is 2. The molecule has 0 saturated heterocycles. The van der Waals surface area contributed by atoms with Gasteiger partial charge in [-0.3, -0.25) is 0 Å². The summed E-state index contributed by atoms with van der Waals surface area (Å²) in [5, 5.41) is 0. The van der Waals surface area contributed by atoms with Gasteiger partial charge in [0.15, 0.2) is 0 Å². The van der Waals surface area contributed by atoms with E-state index in [0.717, 1.165) is 22.6 Å². The zero-order chi connectivity index (χ0) is 13.9. The van der Waals surface area contributed by atoms with Gasteiger partial charge in [-0.05, 0) is 35.9 Å². The van der Waals surface area contributed by atoms with E-state index in [4.69, 9.17) is 5.73 Å². The topological polar surface area (TPSA) is 26.0 Å². The van der Waals surface area contributed by atoms with Gasteiger partial charge in [0.2, 0.25) is 0 Å². The van der Waals surface area contributed by atoms with Crippen molar-refractivity contribution in [2.24, 2.45) is 0 Å². The minimum absolute atomic E-state index is 0.613. The van der Waals surface area contributed by atoms with Gasteiger partial charge in [0, 0.05) is 16.3 Å². The molecule has 100 valence electrons. The second-order valence-electron chi connectivity index (χ2n) is 4.06. The van der Waals surface area contributed by atoms with E-state index in [1.165, 1.54) is 23.9 Å². The normalized spacial score (nSPS) is 11.5. The Morgan fingerprint density at radius 1 is 1.00 bits per heavy atom. The molecule has 2 aromatic carbocycles. The fraction of sp³-hybridized carbons (Fsp3) is 0.143. The lowest BCUT2D eigenvalue weighted by molar-refractivity contribution is -0.137. The number of hydrogen-bond donors (Lipinski definition) is 1. The van der Waals surface area contributed by atoms with Crippen molar-refractivity contribution in [1.29, 1.82) is 0 Å². The Hall–Kier alpha value is -1.62. The molecule has 0 radical (unpaired) electrons. The van der Waals surface area contributed by atoms with Crippen LogP contribution in [0.4, 0.5) is 18.9 Å². The highest BCUT2D eigenvalue weighted by molar-refractivity contribution is 7.98. The van der Waals surface area contributed by atoms with Gasteiger partial charge in [0.25, 0.3) is 0 Å². The molecule has 0 amide bonds. The Kier molecular flexibility index (Phi) is 4.04. The van der Waals surface area contributed by atoms with Crippen LogP contribution in [-0.4, -0.2) is 0 Å². The Balaban J connectivity index is 2.01. The van der Waals surface area contributed by atoms with Gasteiger partial charge < -0.3 is 5.73 Å². The van der Waals surface area contributed by atoms with E-state index in [1.807, 2.05) is 18.2 Å². The first kappa shape index (κ1) is 13.8. The zero-order valence-corrected chi connectivity index (χ0v) is 10.8. The molecule has 0 heterocycles. The van der Waals surface area contributed by atoms with Crippen molar-refractivity contribution in [3.8, 4) is 0 Å². The Morgan fingerprint density at radius 3 is 2.26 bits per heavy atom. The van der Waals surface area contributed by atoms with Crippen molar-refractivity contribution in [2.45, 2.75) is 16.8 Å². The van der Waals surface area contributed by atoms with Crippen LogP contribution in [0.1, 0.15) is 11.1 Å². The van der Waals surface area contributed by atoms with Crippen LogP contribution >= 0.6 is 11.8 Å². The molecule has 1 nitrogen and oxygen atoms in total. The Labute approximate surface area is 113 Å². The molecule has 0 atom stereocenters. The number of alkyl halides is 3. The molecule has 0 aliphatic heterocycles. The van der Waals surface area contributed by atoms with Crippen LogP contribution in [-0.2, 0) is 11.9 Å². The van der Waals surface area contributed by atoms with Crippen LogP contribution in [0.3, 0.4) is 0 Å². The minimum Gasteiger partial charge on any atom is -0.399 e. The lowest BCUT2D eigenvalue weighted by atomic mass is 10.1. The summed E-state index contributed by atoms with van der Waals surface area (Å²) in [6, 6.07) is 12.6. The van der Waals surface area contributed by atoms with Crippen molar-refractivity contribution >= 4 is 17.4 Å². The minimum atomic E-state index is -4.28. The summed E-state index contributed by atoms with van der Waals surface area (Å²) in [5.41, 5.74) is 6.56. The Morgan fingerprint density at radius 2 is 1.68 bits per heavy atom. The van der Waals surface area contributed by atoms with Crippen LogP contribution in [0.25, 0.3) is 0 Å². The number of thioether (sulfide) groups is 1. The van der Waals surface area contributed by atoms with Crippen molar-refractivity contribution in [3.63, 3.8) is 0 Å². The summed E-state index contributed by atoms with van der Waals surface area (Å²) >= 11 is 1.54. The Bertz CT molecular complexity index is 549. The first-order valence-corrected chi connectivity index (χ1v) is 6.58. The quantitative estimate of drug-likeness (QED) is 0.659. The summed E-state index contributed by atoms with van der Waals surface area (Å²) in [4.78, 5) is 1.000. The molecule has 0 saturated carbocycles. The molecule has 0 unspecified atom stereocenters. The molecule has 5 heteroatoms. The van der Waals surface area contributed by atoms with Gasteiger partial charge in [-0.15, -0.1) is 11.8 Å². The van der Waals surface area contributed by atoms with Gasteiger partial charge in [-0.25, -0.2) is 0 Å².